The van der Waals surface area contributed by atoms with E-state index in [4.69, 9.17) is 0 Å². The molecule has 1 N–H and O–H groups in total. The van der Waals surface area contributed by atoms with Gasteiger partial charge in [0.1, 0.15) is 0 Å². The molecule has 1 amide bonds. The van der Waals surface area contributed by atoms with E-state index in [0.717, 1.165) is 5.56 Å². The molecule has 0 spiro atoms. The molecule has 0 bridgehead atoms. The van der Waals surface area contributed by atoms with Crippen LogP contribution in [0.1, 0.15) is 25.8 Å². The van der Waals surface area contributed by atoms with Gasteiger partial charge in [-0.1, -0.05) is 42.5 Å². The summed E-state index contributed by atoms with van der Waals surface area (Å²) < 4.78 is 4.67. The van der Waals surface area contributed by atoms with Gasteiger partial charge in [0.15, 0.2) is 11.3 Å². The number of amides is 1. The third-order valence-corrected chi connectivity index (χ3v) is 3.06. The lowest BCUT2D eigenvalue weighted by Crippen LogP contribution is -2.59. The fourth-order valence-electron chi connectivity index (χ4n) is 1.97. The zero-order valence-electron chi connectivity index (χ0n) is 12.4. The van der Waals surface area contributed by atoms with Crippen molar-refractivity contribution in [2.75, 3.05) is 7.11 Å². The van der Waals surface area contributed by atoms with E-state index in [9.17, 15) is 14.4 Å². The van der Waals surface area contributed by atoms with Crippen molar-refractivity contribution in [3.63, 3.8) is 0 Å². The van der Waals surface area contributed by atoms with Crippen LogP contribution < -0.4 is 5.32 Å². The summed E-state index contributed by atoms with van der Waals surface area (Å²) in [6.45, 7) is 2.50. The summed E-state index contributed by atoms with van der Waals surface area (Å²) in [4.78, 5) is 35.2. The predicted octanol–water partition coefficient (Wildman–Crippen LogP) is 1.73. The molecule has 0 fully saturated rings. The summed E-state index contributed by atoms with van der Waals surface area (Å²) in [6, 6.07) is 9.44. The quantitative estimate of drug-likeness (QED) is 0.639. The van der Waals surface area contributed by atoms with Gasteiger partial charge in [0.25, 0.3) is 0 Å². The van der Waals surface area contributed by atoms with Crippen molar-refractivity contribution < 1.29 is 19.1 Å². The zero-order chi connectivity index (χ0) is 15.9. The van der Waals surface area contributed by atoms with E-state index in [2.05, 4.69) is 10.1 Å². The Kier molecular flexibility index (Phi) is 5.84. The van der Waals surface area contributed by atoms with Crippen LogP contribution in [0.4, 0.5) is 0 Å². The molecule has 21 heavy (non-hydrogen) atoms. The molecule has 0 heterocycles. The fourth-order valence-corrected chi connectivity index (χ4v) is 1.97. The molecule has 5 nitrogen and oxygen atoms in total. The van der Waals surface area contributed by atoms with Crippen LogP contribution in [0.3, 0.4) is 0 Å². The highest BCUT2D eigenvalue weighted by Crippen LogP contribution is 2.17. The highest BCUT2D eigenvalue weighted by molar-refractivity contribution is 6.10. The van der Waals surface area contributed by atoms with Gasteiger partial charge in [-0.25, -0.2) is 4.79 Å². The summed E-state index contributed by atoms with van der Waals surface area (Å²) in [5, 5.41) is 2.42. The average molecular weight is 289 g/mol. The number of hydrogen-bond donors (Lipinski definition) is 1. The monoisotopic (exact) mass is 289 g/mol. The van der Waals surface area contributed by atoms with Crippen LogP contribution in [0.15, 0.2) is 36.4 Å². The van der Waals surface area contributed by atoms with Crippen LogP contribution >= 0.6 is 0 Å². The highest BCUT2D eigenvalue weighted by atomic mass is 16.5. The highest BCUT2D eigenvalue weighted by Gasteiger charge is 2.44. The van der Waals surface area contributed by atoms with Crippen LogP contribution in [-0.2, 0) is 19.1 Å². The second-order valence-electron chi connectivity index (χ2n) is 4.65. The molecule has 0 radical (unpaired) electrons. The van der Waals surface area contributed by atoms with E-state index in [1.54, 1.807) is 12.2 Å². The van der Waals surface area contributed by atoms with Crippen LogP contribution in [0, 0.1) is 0 Å². The lowest BCUT2D eigenvalue weighted by Gasteiger charge is -2.27. The Balaban J connectivity index is 3.01. The number of carbonyl (C=O) groups excluding carboxylic acids is 3. The molecule has 0 saturated carbocycles. The molecule has 0 aliphatic rings. The number of rotatable bonds is 6. The van der Waals surface area contributed by atoms with E-state index in [1.807, 2.05) is 30.3 Å². The normalized spacial score (nSPS) is 13.5. The van der Waals surface area contributed by atoms with Crippen LogP contribution in [0.25, 0.3) is 6.08 Å². The number of Topliss-reactive ketones (excluding diaryl/α,β-unsaturated/α-hetero) is 1. The Bertz CT molecular complexity index is 551. The SMILES string of the molecule is COC(=O)C(C/C=C/c1ccccc1)(NC(C)=O)C(C)=O. The maximum atomic E-state index is 12.0. The summed E-state index contributed by atoms with van der Waals surface area (Å²) >= 11 is 0. The molecule has 112 valence electrons. The molecule has 0 aromatic heterocycles. The lowest BCUT2D eigenvalue weighted by atomic mass is 9.90. The van der Waals surface area contributed by atoms with Gasteiger partial charge in [-0.3, -0.25) is 9.59 Å². The van der Waals surface area contributed by atoms with E-state index in [-0.39, 0.29) is 6.42 Å². The van der Waals surface area contributed by atoms with Gasteiger partial charge in [-0.2, -0.15) is 0 Å². The zero-order valence-corrected chi connectivity index (χ0v) is 12.4. The standard InChI is InChI=1S/C16H19NO4/c1-12(18)16(15(20)21-3,17-13(2)19)11-7-10-14-8-5-4-6-9-14/h4-10H,11H2,1-3H3,(H,17,19)/b10-7+. The first-order valence-corrected chi connectivity index (χ1v) is 6.52. The molecule has 1 rings (SSSR count). The first-order valence-electron chi connectivity index (χ1n) is 6.52. The number of esters is 1. The van der Waals surface area contributed by atoms with E-state index < -0.39 is 23.2 Å². The number of hydrogen-bond acceptors (Lipinski definition) is 4. The average Bonchev–Trinajstić information content (AvgIpc) is 2.45. The van der Waals surface area contributed by atoms with Gasteiger partial charge in [-0.15, -0.1) is 0 Å². The number of ketones is 1. The molecule has 5 heteroatoms. The molecule has 0 aliphatic heterocycles. The summed E-state index contributed by atoms with van der Waals surface area (Å²) in [5.74, 6) is -1.71. The van der Waals surface area contributed by atoms with Crippen LogP contribution in [-0.4, -0.2) is 30.3 Å². The van der Waals surface area contributed by atoms with Gasteiger partial charge in [0.05, 0.1) is 7.11 Å². The molecular weight excluding hydrogens is 270 g/mol. The van der Waals surface area contributed by atoms with Crippen molar-refractivity contribution in [3.8, 4) is 0 Å². The number of carbonyl (C=O) groups is 3. The van der Waals surface area contributed by atoms with Crippen molar-refractivity contribution in [1.82, 2.24) is 5.32 Å². The molecular formula is C16H19NO4. The van der Waals surface area contributed by atoms with E-state index in [1.165, 1.54) is 21.0 Å². The van der Waals surface area contributed by atoms with Crippen molar-refractivity contribution in [2.45, 2.75) is 25.8 Å². The Morgan fingerprint density at radius 3 is 2.29 bits per heavy atom. The second kappa shape index (κ2) is 7.38. The van der Waals surface area contributed by atoms with Gasteiger partial charge in [0, 0.05) is 13.3 Å². The minimum Gasteiger partial charge on any atom is -0.467 e. The maximum Gasteiger partial charge on any atom is 0.339 e. The third kappa shape index (κ3) is 4.27. The predicted molar refractivity (Wildman–Crippen MR) is 79.3 cm³/mol. The number of nitrogens with one attached hydrogen (secondary N) is 1. The number of ether oxygens (including phenoxy) is 1. The summed E-state index contributed by atoms with van der Waals surface area (Å²) in [7, 11) is 1.18. The molecule has 1 aromatic rings. The van der Waals surface area contributed by atoms with Gasteiger partial charge in [-0.05, 0) is 12.5 Å². The first-order chi connectivity index (χ1) is 9.92. The van der Waals surface area contributed by atoms with Crippen LogP contribution in [0.5, 0.6) is 0 Å². The van der Waals surface area contributed by atoms with E-state index >= 15 is 0 Å². The smallest absolute Gasteiger partial charge is 0.339 e. The minimum atomic E-state index is -1.67. The number of methoxy groups -OCH3 is 1. The Morgan fingerprint density at radius 2 is 1.81 bits per heavy atom. The second-order valence-corrected chi connectivity index (χ2v) is 4.65. The molecule has 1 unspecified atom stereocenters. The van der Waals surface area contributed by atoms with Crippen molar-refractivity contribution in [1.29, 1.82) is 0 Å². The Hall–Kier alpha value is -2.43. The summed E-state index contributed by atoms with van der Waals surface area (Å²) in [6.07, 6.45) is 3.48. The van der Waals surface area contributed by atoms with Crippen molar-refractivity contribution in [3.05, 3.63) is 42.0 Å². The first kappa shape index (κ1) is 16.6. The van der Waals surface area contributed by atoms with Gasteiger partial charge in [0.2, 0.25) is 5.91 Å². The molecule has 1 aromatic carbocycles. The fraction of sp³-hybridized carbons (Fsp3) is 0.312. The maximum absolute atomic E-state index is 12.0. The van der Waals surface area contributed by atoms with Crippen molar-refractivity contribution in [2.24, 2.45) is 0 Å². The molecule has 1 atom stereocenters. The number of benzene rings is 1. The molecule has 0 aliphatic carbocycles. The Morgan fingerprint density at radius 1 is 1.19 bits per heavy atom. The Labute approximate surface area is 124 Å². The van der Waals surface area contributed by atoms with Crippen molar-refractivity contribution >= 4 is 23.7 Å². The third-order valence-electron chi connectivity index (χ3n) is 3.06. The molecule has 0 saturated heterocycles. The van der Waals surface area contributed by atoms with Gasteiger partial charge >= 0.3 is 5.97 Å². The van der Waals surface area contributed by atoms with E-state index in [0.29, 0.717) is 0 Å². The minimum absolute atomic E-state index is 0.0312. The van der Waals surface area contributed by atoms with Crippen LogP contribution in [0.2, 0.25) is 0 Å². The topological polar surface area (TPSA) is 72.5 Å². The summed E-state index contributed by atoms with van der Waals surface area (Å²) in [5.41, 5.74) is -0.742. The largest absolute Gasteiger partial charge is 0.467 e. The van der Waals surface area contributed by atoms with Gasteiger partial charge < -0.3 is 10.1 Å². The lowest BCUT2D eigenvalue weighted by molar-refractivity contribution is -0.154.